The van der Waals surface area contributed by atoms with E-state index in [9.17, 15) is 0 Å². The van der Waals surface area contributed by atoms with E-state index in [1.165, 1.54) is 26.1 Å². The molecule has 1 N–H and O–H groups in total. The molecule has 0 aliphatic carbocycles. The molecular formula is C15H34N2. The van der Waals surface area contributed by atoms with Gasteiger partial charge in [0.25, 0.3) is 0 Å². The first-order valence-electron chi connectivity index (χ1n) is 7.24. The summed E-state index contributed by atoms with van der Waals surface area (Å²) in [7, 11) is 0. The van der Waals surface area contributed by atoms with Crippen LogP contribution in [0.2, 0.25) is 0 Å². The van der Waals surface area contributed by atoms with Crippen LogP contribution >= 0.6 is 0 Å². The van der Waals surface area contributed by atoms with Crippen molar-refractivity contribution < 1.29 is 0 Å². The summed E-state index contributed by atoms with van der Waals surface area (Å²) >= 11 is 0. The van der Waals surface area contributed by atoms with Crippen molar-refractivity contribution in [3.63, 3.8) is 0 Å². The van der Waals surface area contributed by atoms with Gasteiger partial charge in [0.2, 0.25) is 0 Å². The topological polar surface area (TPSA) is 15.3 Å². The van der Waals surface area contributed by atoms with Crippen LogP contribution in [0.1, 0.15) is 54.9 Å². The maximum atomic E-state index is 3.64. The molecule has 0 heterocycles. The number of rotatable bonds is 9. The average Bonchev–Trinajstić information content (AvgIpc) is 2.15. The van der Waals surface area contributed by atoms with E-state index in [1.807, 2.05) is 0 Å². The van der Waals surface area contributed by atoms with E-state index in [-0.39, 0.29) is 5.54 Å². The Kier molecular flexibility index (Phi) is 8.06. The first kappa shape index (κ1) is 16.9. The molecule has 0 aliphatic rings. The van der Waals surface area contributed by atoms with Crippen LogP contribution in [-0.4, -0.2) is 36.6 Å². The smallest absolute Gasteiger partial charge is 0.0123 e. The molecule has 0 fully saturated rings. The van der Waals surface area contributed by atoms with Gasteiger partial charge in [-0.2, -0.15) is 0 Å². The van der Waals surface area contributed by atoms with Crippen LogP contribution in [0.25, 0.3) is 0 Å². The van der Waals surface area contributed by atoms with Crippen LogP contribution in [0, 0.1) is 11.8 Å². The maximum absolute atomic E-state index is 3.64. The third kappa shape index (κ3) is 9.61. The number of hydrogen-bond acceptors (Lipinski definition) is 2. The molecule has 0 unspecified atom stereocenters. The van der Waals surface area contributed by atoms with E-state index < -0.39 is 0 Å². The second-order valence-corrected chi connectivity index (χ2v) is 6.71. The van der Waals surface area contributed by atoms with Crippen molar-refractivity contribution in [1.82, 2.24) is 10.2 Å². The van der Waals surface area contributed by atoms with E-state index in [2.05, 4.69) is 58.7 Å². The molecule has 0 bridgehead atoms. The normalized spacial score (nSPS) is 13.1. The summed E-state index contributed by atoms with van der Waals surface area (Å²) in [6.45, 7) is 20.7. The fraction of sp³-hybridized carbons (Fsp3) is 1.00. The van der Waals surface area contributed by atoms with Gasteiger partial charge in [-0.1, -0.05) is 34.6 Å². The van der Waals surface area contributed by atoms with Crippen molar-refractivity contribution in [3.8, 4) is 0 Å². The highest BCUT2D eigenvalue weighted by molar-refractivity contribution is 4.76. The summed E-state index contributed by atoms with van der Waals surface area (Å²) in [5, 5.41) is 3.64. The van der Waals surface area contributed by atoms with E-state index in [0.29, 0.717) is 0 Å². The summed E-state index contributed by atoms with van der Waals surface area (Å²) in [6.07, 6.45) is 1.18. The molecule has 0 rings (SSSR count). The standard InChI is InChI=1S/C15H34N2/c1-8-15(6,7)16-9-10-17(11-13(2)3)12-14(4)5/h13-14,16H,8-12H2,1-7H3. The Morgan fingerprint density at radius 3 is 1.82 bits per heavy atom. The van der Waals surface area contributed by atoms with Crippen molar-refractivity contribution in [2.45, 2.75) is 60.4 Å². The van der Waals surface area contributed by atoms with Crippen molar-refractivity contribution in [1.29, 1.82) is 0 Å². The van der Waals surface area contributed by atoms with Crippen LogP contribution < -0.4 is 5.32 Å². The zero-order valence-electron chi connectivity index (χ0n) is 13.1. The Morgan fingerprint density at radius 2 is 1.47 bits per heavy atom. The summed E-state index contributed by atoms with van der Waals surface area (Å²) in [5.41, 5.74) is 0.279. The molecule has 0 spiro atoms. The maximum Gasteiger partial charge on any atom is 0.0123 e. The molecule has 0 aromatic carbocycles. The predicted octanol–water partition coefficient (Wildman–Crippen LogP) is 3.38. The van der Waals surface area contributed by atoms with Crippen LogP contribution in [0.5, 0.6) is 0 Å². The number of nitrogens with zero attached hydrogens (tertiary/aromatic N) is 1. The molecule has 0 aliphatic heterocycles. The molecule has 2 nitrogen and oxygen atoms in total. The van der Waals surface area contributed by atoms with Crippen LogP contribution in [-0.2, 0) is 0 Å². The van der Waals surface area contributed by atoms with Gasteiger partial charge in [-0.25, -0.2) is 0 Å². The highest BCUT2D eigenvalue weighted by Gasteiger charge is 2.15. The minimum absolute atomic E-state index is 0.279. The molecule has 0 atom stereocenters. The largest absolute Gasteiger partial charge is 0.311 e. The fourth-order valence-electron chi connectivity index (χ4n) is 1.97. The second-order valence-electron chi connectivity index (χ2n) is 6.71. The molecule has 0 saturated carbocycles. The van der Waals surface area contributed by atoms with Crippen molar-refractivity contribution in [2.75, 3.05) is 26.2 Å². The molecule has 0 radical (unpaired) electrons. The lowest BCUT2D eigenvalue weighted by Gasteiger charge is -2.29. The van der Waals surface area contributed by atoms with Crippen molar-refractivity contribution >= 4 is 0 Å². The molecule has 0 aromatic heterocycles. The van der Waals surface area contributed by atoms with Crippen LogP contribution in [0.3, 0.4) is 0 Å². The minimum Gasteiger partial charge on any atom is -0.311 e. The summed E-state index contributed by atoms with van der Waals surface area (Å²) in [6, 6.07) is 0. The predicted molar refractivity (Wildman–Crippen MR) is 78.5 cm³/mol. The number of nitrogens with one attached hydrogen (secondary N) is 1. The third-order valence-electron chi connectivity index (χ3n) is 3.16. The highest BCUT2D eigenvalue weighted by atomic mass is 15.1. The van der Waals surface area contributed by atoms with Crippen molar-refractivity contribution in [2.24, 2.45) is 11.8 Å². The van der Waals surface area contributed by atoms with Gasteiger partial charge >= 0.3 is 0 Å². The fourth-order valence-corrected chi connectivity index (χ4v) is 1.97. The lowest BCUT2D eigenvalue weighted by Crippen LogP contribution is -2.44. The van der Waals surface area contributed by atoms with Crippen LogP contribution in [0.4, 0.5) is 0 Å². The van der Waals surface area contributed by atoms with E-state index in [4.69, 9.17) is 0 Å². The van der Waals surface area contributed by atoms with Gasteiger partial charge in [0.15, 0.2) is 0 Å². The Hall–Kier alpha value is -0.0800. The Morgan fingerprint density at radius 1 is 1.00 bits per heavy atom. The molecular weight excluding hydrogens is 208 g/mol. The van der Waals surface area contributed by atoms with Gasteiger partial charge in [-0.3, -0.25) is 0 Å². The zero-order chi connectivity index (χ0) is 13.5. The van der Waals surface area contributed by atoms with Gasteiger partial charge in [-0.05, 0) is 32.1 Å². The Balaban J connectivity index is 3.99. The average molecular weight is 242 g/mol. The zero-order valence-corrected chi connectivity index (χ0v) is 13.1. The van der Waals surface area contributed by atoms with Crippen LogP contribution in [0.15, 0.2) is 0 Å². The van der Waals surface area contributed by atoms with E-state index >= 15 is 0 Å². The third-order valence-corrected chi connectivity index (χ3v) is 3.16. The quantitative estimate of drug-likeness (QED) is 0.667. The van der Waals surface area contributed by atoms with Gasteiger partial charge in [0.05, 0.1) is 0 Å². The first-order chi connectivity index (χ1) is 7.76. The molecule has 104 valence electrons. The lowest BCUT2D eigenvalue weighted by atomic mass is 10.0. The van der Waals surface area contributed by atoms with Crippen molar-refractivity contribution in [3.05, 3.63) is 0 Å². The Bertz CT molecular complexity index is 175. The lowest BCUT2D eigenvalue weighted by molar-refractivity contribution is 0.211. The molecule has 2 heteroatoms. The summed E-state index contributed by atoms with van der Waals surface area (Å²) < 4.78 is 0. The second kappa shape index (κ2) is 8.10. The SMILES string of the molecule is CCC(C)(C)NCCN(CC(C)C)CC(C)C. The monoisotopic (exact) mass is 242 g/mol. The Labute approximate surface area is 109 Å². The van der Waals surface area contributed by atoms with Gasteiger partial charge in [-0.15, -0.1) is 0 Å². The summed E-state index contributed by atoms with van der Waals surface area (Å²) in [5.74, 6) is 1.51. The van der Waals surface area contributed by atoms with E-state index in [0.717, 1.165) is 18.4 Å². The van der Waals surface area contributed by atoms with Gasteiger partial charge in [0, 0.05) is 31.7 Å². The number of hydrogen-bond donors (Lipinski definition) is 1. The van der Waals surface area contributed by atoms with E-state index in [1.54, 1.807) is 0 Å². The van der Waals surface area contributed by atoms with Gasteiger partial charge in [0.1, 0.15) is 0 Å². The summed E-state index contributed by atoms with van der Waals surface area (Å²) in [4.78, 5) is 2.59. The molecule has 0 aromatic rings. The minimum atomic E-state index is 0.279. The first-order valence-corrected chi connectivity index (χ1v) is 7.24. The molecule has 17 heavy (non-hydrogen) atoms. The molecule has 0 saturated heterocycles. The molecule has 0 amide bonds. The van der Waals surface area contributed by atoms with Gasteiger partial charge < -0.3 is 10.2 Å². The highest BCUT2D eigenvalue weighted by Crippen LogP contribution is 2.07.